The van der Waals surface area contributed by atoms with E-state index >= 15 is 0 Å². The Morgan fingerprint density at radius 3 is 2.64 bits per heavy atom. The molecule has 6 nitrogen and oxygen atoms in total. The van der Waals surface area contributed by atoms with Crippen LogP contribution in [-0.4, -0.2) is 35.6 Å². The summed E-state index contributed by atoms with van der Waals surface area (Å²) in [5, 5.41) is 10.9. The SMILES string of the molecule is CC(C)(C)[Si](C)(C)ON(C(=O)O)C1CCCC(c2ccncc2N)C1. The number of nitrogen functional groups attached to an aromatic ring is 1. The molecular formula is C18H31N3O3Si. The molecule has 0 aliphatic heterocycles. The predicted molar refractivity (Wildman–Crippen MR) is 102 cm³/mol. The Labute approximate surface area is 151 Å². The van der Waals surface area contributed by atoms with Crippen molar-refractivity contribution in [1.29, 1.82) is 0 Å². The maximum absolute atomic E-state index is 11.9. The maximum Gasteiger partial charge on any atom is 0.430 e. The number of pyridine rings is 1. The Morgan fingerprint density at radius 2 is 2.08 bits per heavy atom. The quantitative estimate of drug-likeness (QED) is 0.601. The lowest BCUT2D eigenvalue weighted by atomic mass is 9.81. The molecule has 1 aliphatic rings. The fraction of sp³-hybridized carbons (Fsp3) is 0.667. The topological polar surface area (TPSA) is 88.7 Å². The molecule has 1 aromatic rings. The van der Waals surface area contributed by atoms with Crippen molar-refractivity contribution >= 4 is 20.1 Å². The molecule has 1 fully saturated rings. The average molecular weight is 366 g/mol. The lowest BCUT2D eigenvalue weighted by Crippen LogP contribution is -2.52. The number of hydroxylamine groups is 2. The van der Waals surface area contributed by atoms with E-state index < -0.39 is 14.4 Å². The van der Waals surface area contributed by atoms with Crippen molar-refractivity contribution in [2.75, 3.05) is 5.73 Å². The largest absolute Gasteiger partial charge is 0.463 e. The highest BCUT2D eigenvalue weighted by Gasteiger charge is 2.43. The minimum Gasteiger partial charge on any atom is -0.463 e. The van der Waals surface area contributed by atoms with E-state index in [9.17, 15) is 9.90 Å². The minimum absolute atomic E-state index is 0.0513. The van der Waals surface area contributed by atoms with E-state index in [1.807, 2.05) is 6.07 Å². The molecule has 2 unspecified atom stereocenters. The van der Waals surface area contributed by atoms with Crippen LogP contribution in [0.1, 0.15) is 57.9 Å². The third-order valence-electron chi connectivity index (χ3n) is 5.63. The van der Waals surface area contributed by atoms with Gasteiger partial charge in [0.05, 0.1) is 17.9 Å². The molecule has 0 radical (unpaired) electrons. The summed E-state index contributed by atoms with van der Waals surface area (Å²) < 4.78 is 6.15. The molecule has 1 saturated carbocycles. The Kier molecular flexibility index (Phi) is 5.78. The van der Waals surface area contributed by atoms with Crippen LogP contribution in [0.5, 0.6) is 0 Å². The molecule has 7 heteroatoms. The zero-order valence-corrected chi connectivity index (χ0v) is 17.0. The number of hydrogen-bond donors (Lipinski definition) is 2. The van der Waals surface area contributed by atoms with Gasteiger partial charge in [0.25, 0.3) is 0 Å². The summed E-state index contributed by atoms with van der Waals surface area (Å²) in [6, 6.07) is 1.81. The van der Waals surface area contributed by atoms with Gasteiger partial charge in [0.15, 0.2) is 0 Å². The predicted octanol–water partition coefficient (Wildman–Crippen LogP) is 4.61. The van der Waals surface area contributed by atoms with Crippen LogP contribution in [0.25, 0.3) is 0 Å². The van der Waals surface area contributed by atoms with Gasteiger partial charge >= 0.3 is 6.09 Å². The molecule has 25 heavy (non-hydrogen) atoms. The highest BCUT2D eigenvalue weighted by Crippen LogP contribution is 2.41. The molecule has 140 valence electrons. The van der Waals surface area contributed by atoms with E-state index in [0.717, 1.165) is 31.2 Å². The number of amides is 1. The van der Waals surface area contributed by atoms with Crippen LogP contribution in [0.3, 0.4) is 0 Å². The van der Waals surface area contributed by atoms with Gasteiger partial charge in [-0.05, 0) is 54.9 Å². The molecule has 0 spiro atoms. The second-order valence-electron chi connectivity index (χ2n) is 8.48. The second kappa shape index (κ2) is 7.33. The van der Waals surface area contributed by atoms with Crippen molar-refractivity contribution in [3.63, 3.8) is 0 Å². The van der Waals surface area contributed by atoms with Crippen molar-refractivity contribution < 1.29 is 14.4 Å². The molecule has 0 aromatic carbocycles. The third-order valence-corrected chi connectivity index (χ3v) is 9.89. The zero-order chi connectivity index (χ0) is 18.8. The fourth-order valence-electron chi connectivity index (χ4n) is 3.10. The lowest BCUT2D eigenvalue weighted by molar-refractivity contribution is -0.0911. The van der Waals surface area contributed by atoms with Gasteiger partial charge in [0.1, 0.15) is 0 Å². The highest BCUT2D eigenvalue weighted by atomic mass is 28.4. The molecule has 0 saturated heterocycles. The van der Waals surface area contributed by atoms with Gasteiger partial charge in [-0.2, -0.15) is 5.06 Å². The summed E-state index contributed by atoms with van der Waals surface area (Å²) in [5.74, 6) is 0.242. The Bertz CT molecular complexity index is 616. The van der Waals surface area contributed by atoms with Crippen molar-refractivity contribution in [3.05, 3.63) is 24.0 Å². The van der Waals surface area contributed by atoms with Gasteiger partial charge in [-0.3, -0.25) is 4.98 Å². The molecule has 2 atom stereocenters. The number of hydrogen-bond acceptors (Lipinski definition) is 4. The summed E-state index contributed by atoms with van der Waals surface area (Å²) in [7, 11) is -2.22. The highest BCUT2D eigenvalue weighted by molar-refractivity contribution is 6.74. The van der Waals surface area contributed by atoms with Crippen LogP contribution in [0, 0.1) is 0 Å². The first-order valence-electron chi connectivity index (χ1n) is 8.93. The third kappa shape index (κ3) is 4.52. The first-order valence-corrected chi connectivity index (χ1v) is 11.8. The van der Waals surface area contributed by atoms with E-state index in [0.29, 0.717) is 5.69 Å². The van der Waals surface area contributed by atoms with Crippen LogP contribution in [0.2, 0.25) is 18.1 Å². The van der Waals surface area contributed by atoms with Crippen LogP contribution in [0.15, 0.2) is 18.5 Å². The normalized spacial score (nSPS) is 21.8. The first kappa shape index (κ1) is 19.7. The average Bonchev–Trinajstić information content (AvgIpc) is 2.52. The van der Waals surface area contributed by atoms with E-state index in [-0.39, 0.29) is 17.0 Å². The zero-order valence-electron chi connectivity index (χ0n) is 16.0. The molecular weight excluding hydrogens is 334 g/mol. The van der Waals surface area contributed by atoms with E-state index in [4.69, 9.17) is 10.3 Å². The van der Waals surface area contributed by atoms with E-state index in [1.54, 1.807) is 12.4 Å². The smallest absolute Gasteiger partial charge is 0.430 e. The summed E-state index contributed by atoms with van der Waals surface area (Å²) in [4.78, 5) is 16.0. The van der Waals surface area contributed by atoms with Crippen molar-refractivity contribution in [1.82, 2.24) is 10.0 Å². The molecule has 0 bridgehead atoms. The van der Waals surface area contributed by atoms with Crippen LogP contribution in [0.4, 0.5) is 10.5 Å². The fourth-order valence-corrected chi connectivity index (χ4v) is 4.09. The number of rotatable bonds is 4. The first-order chi connectivity index (χ1) is 11.5. The van der Waals surface area contributed by atoms with Crippen LogP contribution < -0.4 is 5.73 Å². The number of nitrogens with two attached hydrogens (primary N) is 1. The number of nitrogens with zero attached hydrogens (tertiary/aromatic N) is 2. The standard InChI is InChI=1S/C18H31N3O3Si/c1-18(2,3)25(4,5)24-21(17(22)23)14-8-6-7-13(11-14)15-9-10-20-12-16(15)19/h9-10,12-14H,6-8,11,19H2,1-5H3,(H,22,23). The molecule has 1 aromatic heterocycles. The summed E-state index contributed by atoms with van der Waals surface area (Å²) in [6.07, 6.45) is 5.94. The number of anilines is 1. The van der Waals surface area contributed by atoms with Gasteiger partial charge in [0, 0.05) is 6.20 Å². The molecule has 1 heterocycles. The van der Waals surface area contributed by atoms with Crippen molar-refractivity contribution in [2.45, 2.75) is 76.5 Å². The van der Waals surface area contributed by atoms with Crippen LogP contribution in [-0.2, 0) is 4.53 Å². The Balaban J connectivity index is 2.19. The maximum atomic E-state index is 11.9. The van der Waals surface area contributed by atoms with Gasteiger partial charge in [-0.25, -0.2) is 4.79 Å². The van der Waals surface area contributed by atoms with Crippen molar-refractivity contribution in [2.24, 2.45) is 0 Å². The van der Waals surface area contributed by atoms with E-state index in [1.165, 1.54) is 5.06 Å². The second-order valence-corrected chi connectivity index (χ2v) is 13.2. The summed E-state index contributed by atoms with van der Waals surface area (Å²) in [5.41, 5.74) is 7.82. The number of aromatic nitrogens is 1. The number of carbonyl (C=O) groups is 1. The Morgan fingerprint density at radius 1 is 1.40 bits per heavy atom. The van der Waals surface area contributed by atoms with Gasteiger partial charge in [-0.1, -0.05) is 27.2 Å². The van der Waals surface area contributed by atoms with Gasteiger partial charge < -0.3 is 15.4 Å². The molecule has 3 N–H and O–H groups in total. The lowest BCUT2D eigenvalue weighted by Gasteiger charge is -2.43. The van der Waals surface area contributed by atoms with E-state index in [2.05, 4.69) is 38.8 Å². The summed E-state index contributed by atoms with van der Waals surface area (Å²) in [6.45, 7) is 10.5. The Hall–Kier alpha value is -1.60. The monoisotopic (exact) mass is 365 g/mol. The number of carboxylic acid groups (broad SMARTS) is 1. The summed E-state index contributed by atoms with van der Waals surface area (Å²) >= 11 is 0. The van der Waals surface area contributed by atoms with Crippen molar-refractivity contribution in [3.8, 4) is 0 Å². The molecule has 1 aliphatic carbocycles. The molecule has 1 amide bonds. The van der Waals surface area contributed by atoms with Crippen LogP contribution >= 0.6 is 0 Å². The molecule has 2 rings (SSSR count). The van der Waals surface area contributed by atoms with Gasteiger partial charge in [0.2, 0.25) is 8.32 Å². The minimum atomic E-state index is -2.22. The van der Waals surface area contributed by atoms with Gasteiger partial charge in [-0.15, -0.1) is 0 Å².